The van der Waals surface area contributed by atoms with E-state index in [9.17, 15) is 4.79 Å². The first-order chi connectivity index (χ1) is 15.9. The van der Waals surface area contributed by atoms with Crippen LogP contribution in [0.25, 0.3) is 6.08 Å². The lowest BCUT2D eigenvalue weighted by Crippen LogP contribution is -2.21. The van der Waals surface area contributed by atoms with Crippen molar-refractivity contribution < 1.29 is 14.3 Å². The molecule has 0 aromatic heterocycles. The monoisotopic (exact) mass is 568 g/mol. The zero-order chi connectivity index (χ0) is 23.5. The van der Waals surface area contributed by atoms with E-state index in [-0.39, 0.29) is 5.91 Å². The fourth-order valence-electron chi connectivity index (χ4n) is 3.50. The lowest BCUT2D eigenvalue weighted by atomic mass is 10.1. The molecular formula is C26H22Br2N2O3. The van der Waals surface area contributed by atoms with Crippen LogP contribution in [0.3, 0.4) is 0 Å². The Balaban J connectivity index is 1.66. The van der Waals surface area contributed by atoms with Crippen molar-refractivity contribution in [1.82, 2.24) is 0 Å². The van der Waals surface area contributed by atoms with Gasteiger partial charge in [0.2, 0.25) is 0 Å². The van der Waals surface area contributed by atoms with Gasteiger partial charge in [0.15, 0.2) is 11.5 Å². The van der Waals surface area contributed by atoms with E-state index in [1.807, 2.05) is 80.6 Å². The number of anilines is 1. The van der Waals surface area contributed by atoms with Gasteiger partial charge in [-0.3, -0.25) is 4.79 Å². The number of aryl methyl sites for hydroxylation is 1. The van der Waals surface area contributed by atoms with Crippen LogP contribution < -0.4 is 14.5 Å². The third-order valence-electron chi connectivity index (χ3n) is 5.21. The van der Waals surface area contributed by atoms with Crippen LogP contribution in [0.5, 0.6) is 11.5 Å². The van der Waals surface area contributed by atoms with E-state index < -0.39 is 0 Å². The highest BCUT2D eigenvalue weighted by molar-refractivity contribution is 9.13. The lowest BCUT2D eigenvalue weighted by Gasteiger charge is -2.16. The molecule has 1 heterocycles. The molecule has 0 saturated heterocycles. The van der Waals surface area contributed by atoms with Gasteiger partial charge in [0, 0.05) is 4.47 Å². The lowest BCUT2D eigenvalue weighted by molar-refractivity contribution is -0.114. The van der Waals surface area contributed by atoms with Crippen molar-refractivity contribution in [3.8, 4) is 11.5 Å². The van der Waals surface area contributed by atoms with Gasteiger partial charge in [0.1, 0.15) is 6.61 Å². The third-order valence-corrected chi connectivity index (χ3v) is 7.35. The summed E-state index contributed by atoms with van der Waals surface area (Å²) in [5, 5.41) is 5.92. The molecule has 1 amide bonds. The summed E-state index contributed by atoms with van der Waals surface area (Å²) in [5.41, 5.74) is 4.79. The van der Waals surface area contributed by atoms with Crippen molar-refractivity contribution in [2.24, 2.45) is 5.10 Å². The Hall–Kier alpha value is -2.90. The normalized spacial score (nSPS) is 14.6. The second-order valence-corrected chi connectivity index (χ2v) is 9.18. The van der Waals surface area contributed by atoms with E-state index in [4.69, 9.17) is 9.47 Å². The van der Waals surface area contributed by atoms with Crippen LogP contribution in [-0.2, 0) is 11.4 Å². The first-order valence-electron chi connectivity index (χ1n) is 10.3. The summed E-state index contributed by atoms with van der Waals surface area (Å²) in [6, 6.07) is 19.5. The van der Waals surface area contributed by atoms with Gasteiger partial charge in [-0.15, -0.1) is 0 Å². The summed E-state index contributed by atoms with van der Waals surface area (Å²) < 4.78 is 13.1. The van der Waals surface area contributed by atoms with Crippen molar-refractivity contribution >= 4 is 55.2 Å². The molecule has 4 rings (SSSR count). The number of hydrogen-bond acceptors (Lipinski definition) is 4. The number of amides is 1. The summed E-state index contributed by atoms with van der Waals surface area (Å²) in [4.78, 5) is 13.2. The molecule has 168 valence electrons. The molecule has 1 aliphatic rings. The topological polar surface area (TPSA) is 51.1 Å². The number of nitrogens with zero attached hydrogens (tertiary/aromatic N) is 2. The summed E-state index contributed by atoms with van der Waals surface area (Å²) >= 11 is 7.27. The second kappa shape index (κ2) is 9.93. The van der Waals surface area contributed by atoms with Crippen molar-refractivity contribution in [3.05, 3.63) is 91.9 Å². The molecule has 7 heteroatoms. The fraction of sp³-hybridized carbons (Fsp3) is 0.154. The number of hydrogen-bond donors (Lipinski definition) is 0. The largest absolute Gasteiger partial charge is 0.493 e. The molecule has 0 radical (unpaired) electrons. The smallest absolute Gasteiger partial charge is 0.280 e. The quantitative estimate of drug-likeness (QED) is 0.303. The zero-order valence-electron chi connectivity index (χ0n) is 18.4. The molecule has 0 unspecified atom stereocenters. The summed E-state index contributed by atoms with van der Waals surface area (Å²) in [6.07, 6.45) is 1.81. The molecule has 33 heavy (non-hydrogen) atoms. The van der Waals surface area contributed by atoms with Crippen LogP contribution >= 0.6 is 31.9 Å². The molecule has 0 saturated carbocycles. The molecular weight excluding hydrogens is 548 g/mol. The number of halogens is 2. The van der Waals surface area contributed by atoms with E-state index in [1.165, 1.54) is 5.01 Å². The average Bonchev–Trinajstić information content (AvgIpc) is 3.10. The van der Waals surface area contributed by atoms with Crippen molar-refractivity contribution in [1.29, 1.82) is 0 Å². The molecule has 0 spiro atoms. The number of carbonyl (C=O) groups is 1. The number of carbonyl (C=O) groups excluding carboxylic acids is 1. The summed E-state index contributed by atoms with van der Waals surface area (Å²) in [7, 11) is 1.59. The van der Waals surface area contributed by atoms with Gasteiger partial charge in [0.25, 0.3) is 5.91 Å². The van der Waals surface area contributed by atoms with Gasteiger partial charge >= 0.3 is 0 Å². The predicted octanol–water partition coefficient (Wildman–Crippen LogP) is 6.91. The van der Waals surface area contributed by atoms with E-state index in [1.54, 1.807) is 7.11 Å². The van der Waals surface area contributed by atoms with E-state index in [0.29, 0.717) is 33.9 Å². The molecule has 0 aliphatic carbocycles. The highest BCUT2D eigenvalue weighted by atomic mass is 79.9. The Bertz CT molecular complexity index is 1270. The van der Waals surface area contributed by atoms with Gasteiger partial charge in [-0.2, -0.15) is 10.1 Å². The van der Waals surface area contributed by atoms with Crippen LogP contribution in [0.1, 0.15) is 23.6 Å². The number of ether oxygens (including phenoxy) is 2. The molecule has 0 fully saturated rings. The Labute approximate surface area is 210 Å². The Kier molecular flexibility index (Phi) is 7.00. The van der Waals surface area contributed by atoms with Gasteiger partial charge in [0.05, 0.1) is 28.6 Å². The molecule has 1 aliphatic heterocycles. The first kappa shape index (κ1) is 23.3. The van der Waals surface area contributed by atoms with Crippen LogP contribution in [-0.4, -0.2) is 18.7 Å². The van der Waals surface area contributed by atoms with Crippen LogP contribution in [0.15, 0.2) is 80.3 Å². The first-order valence-corrected chi connectivity index (χ1v) is 11.9. The van der Waals surface area contributed by atoms with E-state index >= 15 is 0 Å². The van der Waals surface area contributed by atoms with Gasteiger partial charge < -0.3 is 9.47 Å². The highest BCUT2D eigenvalue weighted by Crippen LogP contribution is 2.44. The minimum Gasteiger partial charge on any atom is -0.493 e. The molecule has 0 bridgehead atoms. The zero-order valence-corrected chi connectivity index (χ0v) is 21.6. The van der Waals surface area contributed by atoms with Crippen molar-refractivity contribution in [2.45, 2.75) is 20.5 Å². The van der Waals surface area contributed by atoms with Crippen molar-refractivity contribution in [3.63, 3.8) is 0 Å². The summed E-state index contributed by atoms with van der Waals surface area (Å²) in [5.74, 6) is 0.966. The average molecular weight is 570 g/mol. The standard InChI is InChI=1S/C26H22Br2N2O3/c1-16-8-7-11-20(12-16)30-26(31)21(17(2)29-30)13-19-14-22(32-3)25(24(28)23(19)27)33-15-18-9-5-4-6-10-18/h4-14H,15H2,1-3H3. The Morgan fingerprint density at radius 3 is 2.45 bits per heavy atom. The third kappa shape index (κ3) is 4.89. The maximum atomic E-state index is 13.2. The van der Waals surface area contributed by atoms with Gasteiger partial charge in [-0.25, -0.2) is 0 Å². The Morgan fingerprint density at radius 2 is 1.76 bits per heavy atom. The van der Waals surface area contributed by atoms with E-state index in [0.717, 1.165) is 26.9 Å². The maximum absolute atomic E-state index is 13.2. The molecule has 0 N–H and O–H groups in total. The van der Waals surface area contributed by atoms with Gasteiger partial charge in [-0.05, 0) is 86.7 Å². The Morgan fingerprint density at radius 1 is 1.00 bits per heavy atom. The molecule has 3 aromatic carbocycles. The maximum Gasteiger partial charge on any atom is 0.280 e. The molecule has 3 aromatic rings. The SMILES string of the molecule is COc1cc(C=C2C(=O)N(c3cccc(C)c3)N=C2C)c(Br)c(Br)c1OCc1ccccc1. The minimum atomic E-state index is -0.176. The van der Waals surface area contributed by atoms with Gasteiger partial charge in [-0.1, -0.05) is 42.5 Å². The van der Waals surface area contributed by atoms with E-state index in [2.05, 4.69) is 37.0 Å². The predicted molar refractivity (Wildman–Crippen MR) is 139 cm³/mol. The summed E-state index contributed by atoms with van der Waals surface area (Å²) in [6.45, 7) is 4.22. The number of rotatable bonds is 6. The number of methoxy groups -OCH3 is 1. The number of hydrazone groups is 1. The van der Waals surface area contributed by atoms with Crippen LogP contribution in [0.2, 0.25) is 0 Å². The van der Waals surface area contributed by atoms with Crippen molar-refractivity contribution in [2.75, 3.05) is 12.1 Å². The second-order valence-electron chi connectivity index (χ2n) is 7.60. The number of benzene rings is 3. The van der Waals surface area contributed by atoms with Crippen LogP contribution in [0, 0.1) is 6.92 Å². The molecule has 5 nitrogen and oxygen atoms in total. The highest BCUT2D eigenvalue weighted by Gasteiger charge is 2.29. The minimum absolute atomic E-state index is 0.176. The fourth-order valence-corrected chi connectivity index (χ4v) is 4.45. The van der Waals surface area contributed by atoms with Crippen LogP contribution in [0.4, 0.5) is 5.69 Å². The molecule has 0 atom stereocenters.